The Bertz CT molecular complexity index is 317. The van der Waals surface area contributed by atoms with Crippen molar-refractivity contribution in [2.45, 2.75) is 13.8 Å². The zero-order valence-electron chi connectivity index (χ0n) is 7.30. The number of methoxy groups -OCH3 is 1. The van der Waals surface area contributed by atoms with Gasteiger partial charge in [0.2, 0.25) is 0 Å². The zero-order chi connectivity index (χ0) is 9.30. The van der Waals surface area contributed by atoms with E-state index in [2.05, 4.69) is 4.74 Å². The van der Waals surface area contributed by atoms with Crippen LogP contribution < -0.4 is 5.73 Å². The third-order valence-electron chi connectivity index (χ3n) is 1.80. The summed E-state index contributed by atoms with van der Waals surface area (Å²) in [6.45, 7) is 3.83. The molecule has 0 amide bonds. The number of anilines is 1. The van der Waals surface area contributed by atoms with Gasteiger partial charge >= 0.3 is 5.97 Å². The molecule has 0 aromatic carbocycles. The number of thiophene rings is 1. The molecule has 0 atom stereocenters. The summed E-state index contributed by atoms with van der Waals surface area (Å²) in [5.41, 5.74) is 7.21. The number of esters is 1. The minimum atomic E-state index is -0.353. The summed E-state index contributed by atoms with van der Waals surface area (Å²) in [5.74, 6) is -0.353. The van der Waals surface area contributed by atoms with Crippen molar-refractivity contribution in [1.82, 2.24) is 0 Å². The summed E-state index contributed by atoms with van der Waals surface area (Å²) < 4.78 is 4.58. The van der Waals surface area contributed by atoms with Crippen molar-refractivity contribution in [2.24, 2.45) is 0 Å². The third kappa shape index (κ3) is 1.30. The topological polar surface area (TPSA) is 52.3 Å². The Morgan fingerprint density at radius 2 is 2.08 bits per heavy atom. The first-order chi connectivity index (χ1) is 5.57. The zero-order valence-corrected chi connectivity index (χ0v) is 8.12. The second kappa shape index (κ2) is 3.15. The molecule has 0 fully saturated rings. The van der Waals surface area contributed by atoms with E-state index >= 15 is 0 Å². The van der Waals surface area contributed by atoms with Crippen LogP contribution in [0.2, 0.25) is 0 Å². The lowest BCUT2D eigenvalue weighted by Crippen LogP contribution is -2.01. The average molecular weight is 185 g/mol. The van der Waals surface area contributed by atoms with Gasteiger partial charge in [-0.25, -0.2) is 4.79 Å². The van der Waals surface area contributed by atoms with Gasteiger partial charge in [0.15, 0.2) is 0 Å². The summed E-state index contributed by atoms with van der Waals surface area (Å²) in [5, 5.41) is 0. The van der Waals surface area contributed by atoms with Crippen molar-refractivity contribution in [3.8, 4) is 0 Å². The Balaban J connectivity index is 3.17. The van der Waals surface area contributed by atoms with Gasteiger partial charge in [0, 0.05) is 4.88 Å². The second-order valence-electron chi connectivity index (χ2n) is 2.52. The molecule has 1 heterocycles. The largest absolute Gasteiger partial charge is 0.465 e. The minimum Gasteiger partial charge on any atom is -0.465 e. The number of hydrogen-bond donors (Lipinski definition) is 1. The van der Waals surface area contributed by atoms with Crippen LogP contribution in [0, 0.1) is 13.8 Å². The van der Waals surface area contributed by atoms with Gasteiger partial charge in [-0.3, -0.25) is 0 Å². The van der Waals surface area contributed by atoms with E-state index in [0.29, 0.717) is 10.6 Å². The Hall–Kier alpha value is -1.03. The highest BCUT2D eigenvalue weighted by Crippen LogP contribution is 2.29. The predicted molar refractivity (Wildman–Crippen MR) is 49.5 cm³/mol. The summed E-state index contributed by atoms with van der Waals surface area (Å²) in [6, 6.07) is 0. The van der Waals surface area contributed by atoms with E-state index in [4.69, 9.17) is 5.73 Å². The molecule has 0 spiro atoms. The standard InChI is InChI=1S/C8H11NO2S/c1-4-5(2)12-7(6(4)9)8(10)11-3/h9H2,1-3H3. The van der Waals surface area contributed by atoms with E-state index in [0.717, 1.165) is 10.4 Å². The van der Waals surface area contributed by atoms with Gasteiger partial charge in [-0.1, -0.05) is 0 Å². The molecule has 0 aliphatic rings. The molecule has 2 N–H and O–H groups in total. The van der Waals surface area contributed by atoms with Crippen molar-refractivity contribution in [1.29, 1.82) is 0 Å². The number of carbonyl (C=O) groups is 1. The van der Waals surface area contributed by atoms with Gasteiger partial charge in [0.25, 0.3) is 0 Å². The van der Waals surface area contributed by atoms with Crippen molar-refractivity contribution >= 4 is 23.0 Å². The van der Waals surface area contributed by atoms with E-state index in [1.165, 1.54) is 18.4 Å². The molecule has 0 bridgehead atoms. The molecule has 1 aromatic rings. The maximum atomic E-state index is 11.1. The van der Waals surface area contributed by atoms with Gasteiger partial charge in [-0.05, 0) is 19.4 Å². The molecule has 12 heavy (non-hydrogen) atoms. The van der Waals surface area contributed by atoms with Gasteiger partial charge < -0.3 is 10.5 Å². The Morgan fingerprint density at radius 1 is 1.50 bits per heavy atom. The fraction of sp³-hybridized carbons (Fsp3) is 0.375. The monoisotopic (exact) mass is 185 g/mol. The summed E-state index contributed by atoms with van der Waals surface area (Å²) in [7, 11) is 1.35. The molecule has 1 aromatic heterocycles. The van der Waals surface area contributed by atoms with Crippen LogP contribution in [0.4, 0.5) is 5.69 Å². The molecule has 0 aliphatic heterocycles. The normalized spacial score (nSPS) is 9.92. The van der Waals surface area contributed by atoms with E-state index < -0.39 is 0 Å². The molecular weight excluding hydrogens is 174 g/mol. The fourth-order valence-corrected chi connectivity index (χ4v) is 1.89. The highest BCUT2D eigenvalue weighted by atomic mass is 32.1. The Labute approximate surface area is 75.1 Å². The number of nitrogen functional groups attached to an aromatic ring is 1. The molecule has 3 nitrogen and oxygen atoms in total. The van der Waals surface area contributed by atoms with E-state index in [9.17, 15) is 4.79 Å². The molecular formula is C8H11NO2S. The average Bonchev–Trinajstić information content (AvgIpc) is 2.32. The maximum Gasteiger partial charge on any atom is 0.350 e. The molecule has 66 valence electrons. The lowest BCUT2D eigenvalue weighted by Gasteiger charge is -1.96. The number of nitrogens with two attached hydrogens (primary N) is 1. The van der Waals surface area contributed by atoms with E-state index in [1.54, 1.807) is 0 Å². The summed E-state index contributed by atoms with van der Waals surface area (Å²) in [6.07, 6.45) is 0. The van der Waals surface area contributed by atoms with Crippen LogP contribution in [0.25, 0.3) is 0 Å². The number of aryl methyl sites for hydroxylation is 1. The molecule has 4 heteroatoms. The summed E-state index contributed by atoms with van der Waals surface area (Å²) in [4.78, 5) is 12.7. The first-order valence-corrected chi connectivity index (χ1v) is 4.33. The smallest absolute Gasteiger partial charge is 0.350 e. The maximum absolute atomic E-state index is 11.1. The minimum absolute atomic E-state index is 0.353. The van der Waals surface area contributed by atoms with Crippen LogP contribution in [-0.2, 0) is 4.74 Å². The number of ether oxygens (including phenoxy) is 1. The SMILES string of the molecule is COC(=O)c1sc(C)c(C)c1N. The van der Waals surface area contributed by atoms with Crippen LogP contribution in [0.5, 0.6) is 0 Å². The van der Waals surface area contributed by atoms with Crippen molar-refractivity contribution in [3.05, 3.63) is 15.3 Å². The number of hydrogen-bond acceptors (Lipinski definition) is 4. The number of rotatable bonds is 1. The lowest BCUT2D eigenvalue weighted by atomic mass is 10.2. The molecule has 1 rings (SSSR count). The van der Waals surface area contributed by atoms with Crippen molar-refractivity contribution < 1.29 is 9.53 Å². The van der Waals surface area contributed by atoms with Crippen LogP contribution in [0.1, 0.15) is 20.1 Å². The van der Waals surface area contributed by atoms with Crippen LogP contribution >= 0.6 is 11.3 Å². The fourth-order valence-electron chi connectivity index (χ4n) is 0.889. The van der Waals surface area contributed by atoms with E-state index in [-0.39, 0.29) is 5.97 Å². The third-order valence-corrected chi connectivity index (χ3v) is 3.01. The highest BCUT2D eigenvalue weighted by molar-refractivity contribution is 7.14. The van der Waals surface area contributed by atoms with E-state index in [1.807, 2.05) is 13.8 Å². The van der Waals surface area contributed by atoms with Gasteiger partial charge in [0.1, 0.15) is 4.88 Å². The molecule has 0 radical (unpaired) electrons. The molecule has 0 aliphatic carbocycles. The quantitative estimate of drug-likeness (QED) is 0.678. The van der Waals surface area contributed by atoms with Gasteiger partial charge in [0.05, 0.1) is 12.8 Å². The van der Waals surface area contributed by atoms with Crippen LogP contribution in [-0.4, -0.2) is 13.1 Å². The van der Waals surface area contributed by atoms with Crippen molar-refractivity contribution in [3.63, 3.8) is 0 Å². The first-order valence-electron chi connectivity index (χ1n) is 3.51. The van der Waals surface area contributed by atoms with Crippen LogP contribution in [0.3, 0.4) is 0 Å². The molecule has 0 saturated heterocycles. The second-order valence-corrected chi connectivity index (χ2v) is 3.74. The highest BCUT2D eigenvalue weighted by Gasteiger charge is 2.16. The first kappa shape index (κ1) is 9.06. The molecule has 0 unspecified atom stereocenters. The van der Waals surface area contributed by atoms with Crippen LogP contribution in [0.15, 0.2) is 0 Å². The van der Waals surface area contributed by atoms with Crippen molar-refractivity contribution in [2.75, 3.05) is 12.8 Å². The Kier molecular flexibility index (Phi) is 2.38. The Morgan fingerprint density at radius 3 is 2.42 bits per heavy atom. The van der Waals surface area contributed by atoms with Gasteiger partial charge in [-0.15, -0.1) is 11.3 Å². The lowest BCUT2D eigenvalue weighted by molar-refractivity contribution is 0.0607. The molecule has 0 saturated carbocycles. The predicted octanol–water partition coefficient (Wildman–Crippen LogP) is 1.73. The van der Waals surface area contributed by atoms with Gasteiger partial charge in [-0.2, -0.15) is 0 Å². The number of carbonyl (C=O) groups excluding carboxylic acids is 1. The summed E-state index contributed by atoms with van der Waals surface area (Å²) >= 11 is 1.37.